The number of fused-ring (bicyclic) bond motifs is 1. The van der Waals surface area contributed by atoms with Gasteiger partial charge in [0.2, 0.25) is 0 Å². The van der Waals surface area contributed by atoms with Gasteiger partial charge in [-0.1, -0.05) is 24.3 Å². The Balaban J connectivity index is 2.75. The predicted molar refractivity (Wildman–Crippen MR) is 81.5 cm³/mol. The molecule has 0 fully saturated rings. The van der Waals surface area contributed by atoms with Crippen molar-refractivity contribution < 1.29 is 19.7 Å². The summed E-state index contributed by atoms with van der Waals surface area (Å²) in [4.78, 5) is 0. The molecule has 2 rings (SSSR count). The minimum absolute atomic E-state index is 0.279. The van der Waals surface area contributed by atoms with Crippen LogP contribution in [0.5, 0.6) is 11.5 Å². The maximum atomic E-state index is 9.72. The third-order valence-electron chi connectivity index (χ3n) is 3.21. The summed E-state index contributed by atoms with van der Waals surface area (Å²) < 4.78 is 11.7. The molecule has 0 aliphatic carbocycles. The van der Waals surface area contributed by atoms with Crippen LogP contribution in [0.4, 0.5) is 0 Å². The fourth-order valence-electron chi connectivity index (χ4n) is 2.31. The summed E-state index contributed by atoms with van der Waals surface area (Å²) in [7, 11) is 3.20. The third-order valence-corrected chi connectivity index (χ3v) is 4.05. The van der Waals surface area contributed by atoms with Crippen molar-refractivity contribution >= 4 is 26.7 Å². The maximum Gasteiger partial charge on any atom is 0.141 e. The highest BCUT2D eigenvalue weighted by Gasteiger charge is 2.20. The lowest BCUT2D eigenvalue weighted by atomic mass is 10.00. The van der Waals surface area contributed by atoms with Gasteiger partial charge in [0, 0.05) is 22.8 Å². The Morgan fingerprint density at radius 3 is 2.15 bits per heavy atom. The summed E-state index contributed by atoms with van der Waals surface area (Å²) >= 11 is 3.51. The summed E-state index contributed by atoms with van der Waals surface area (Å²) in [5.74, 6) is 1.38. The lowest BCUT2D eigenvalue weighted by molar-refractivity contribution is 0.0948. The van der Waals surface area contributed by atoms with E-state index in [2.05, 4.69) is 15.9 Å². The topological polar surface area (TPSA) is 58.9 Å². The molecule has 0 unspecified atom stereocenters. The van der Waals surface area contributed by atoms with Crippen molar-refractivity contribution in [2.24, 2.45) is 0 Å². The highest BCUT2D eigenvalue weighted by atomic mass is 79.9. The van der Waals surface area contributed by atoms with E-state index >= 15 is 0 Å². The van der Waals surface area contributed by atoms with Gasteiger partial charge < -0.3 is 19.7 Å². The van der Waals surface area contributed by atoms with E-state index in [-0.39, 0.29) is 13.0 Å². The molecule has 5 heteroatoms. The van der Waals surface area contributed by atoms with Crippen LogP contribution in [-0.4, -0.2) is 37.1 Å². The minimum atomic E-state index is -0.842. The lowest BCUT2D eigenvalue weighted by Crippen LogP contribution is -2.16. The number of ether oxygens (including phenoxy) is 2. The van der Waals surface area contributed by atoms with Crippen molar-refractivity contribution in [1.29, 1.82) is 0 Å². The van der Waals surface area contributed by atoms with Crippen LogP contribution in [-0.2, 0) is 6.42 Å². The van der Waals surface area contributed by atoms with Crippen LogP contribution in [0, 0.1) is 0 Å². The number of benzene rings is 2. The fourth-order valence-corrected chi connectivity index (χ4v) is 3.03. The SMILES string of the molecule is COc1c(Br)c(C[C@@H](O)CO)c(OC)c2ccccc12. The number of halogens is 1. The Bertz CT molecular complexity index is 612. The average molecular weight is 341 g/mol. The second-order valence-electron chi connectivity index (χ2n) is 4.45. The first kappa shape index (κ1) is 15.1. The summed E-state index contributed by atoms with van der Waals surface area (Å²) in [6.07, 6.45) is -0.562. The molecule has 4 nitrogen and oxygen atoms in total. The molecule has 0 saturated heterocycles. The van der Waals surface area contributed by atoms with E-state index in [4.69, 9.17) is 14.6 Å². The van der Waals surface area contributed by atoms with E-state index in [0.29, 0.717) is 11.5 Å². The number of hydrogen-bond donors (Lipinski definition) is 2. The molecular weight excluding hydrogens is 324 g/mol. The van der Waals surface area contributed by atoms with Crippen LogP contribution in [0.15, 0.2) is 28.7 Å². The fraction of sp³-hybridized carbons (Fsp3) is 0.333. The van der Waals surface area contributed by atoms with Crippen LogP contribution in [0.3, 0.4) is 0 Å². The Labute approximate surface area is 126 Å². The zero-order valence-electron chi connectivity index (χ0n) is 11.4. The molecule has 1 atom stereocenters. The molecule has 0 aliphatic heterocycles. The van der Waals surface area contributed by atoms with Gasteiger partial charge in [0.05, 0.1) is 31.4 Å². The van der Waals surface area contributed by atoms with Crippen molar-refractivity contribution in [2.75, 3.05) is 20.8 Å². The van der Waals surface area contributed by atoms with Crippen molar-refractivity contribution in [3.63, 3.8) is 0 Å². The van der Waals surface area contributed by atoms with Crippen LogP contribution in [0.25, 0.3) is 10.8 Å². The Hall–Kier alpha value is -1.30. The normalized spacial score (nSPS) is 12.4. The monoisotopic (exact) mass is 340 g/mol. The molecular formula is C15H17BrO4. The zero-order valence-corrected chi connectivity index (χ0v) is 13.0. The van der Waals surface area contributed by atoms with Crippen molar-refractivity contribution in [2.45, 2.75) is 12.5 Å². The largest absolute Gasteiger partial charge is 0.496 e. The number of rotatable bonds is 5. The lowest BCUT2D eigenvalue weighted by Gasteiger charge is -2.19. The standard InChI is InChI=1S/C15H17BrO4/c1-19-14-10-5-3-4-6-11(10)15(20-2)13(16)12(14)7-9(18)8-17/h3-6,9,17-18H,7-8H2,1-2H3/t9-/m1/s1. The molecule has 0 aromatic heterocycles. The van der Waals surface area contributed by atoms with Gasteiger partial charge in [-0.2, -0.15) is 0 Å². The quantitative estimate of drug-likeness (QED) is 0.877. The Morgan fingerprint density at radius 2 is 1.65 bits per heavy atom. The van der Waals surface area contributed by atoms with Crippen LogP contribution < -0.4 is 9.47 Å². The maximum absolute atomic E-state index is 9.72. The van der Waals surface area contributed by atoms with E-state index in [0.717, 1.165) is 20.8 Å². The van der Waals surface area contributed by atoms with Crippen molar-refractivity contribution in [3.8, 4) is 11.5 Å². The van der Waals surface area contributed by atoms with Crippen LogP contribution >= 0.6 is 15.9 Å². The molecule has 0 spiro atoms. The highest BCUT2D eigenvalue weighted by molar-refractivity contribution is 9.10. The van der Waals surface area contributed by atoms with Gasteiger partial charge in [-0.05, 0) is 15.9 Å². The Kier molecular flexibility index (Phi) is 4.86. The second kappa shape index (κ2) is 6.43. The molecule has 2 aromatic rings. The molecule has 0 radical (unpaired) electrons. The minimum Gasteiger partial charge on any atom is -0.496 e. The Morgan fingerprint density at radius 1 is 1.10 bits per heavy atom. The van der Waals surface area contributed by atoms with Gasteiger partial charge in [-0.25, -0.2) is 0 Å². The average Bonchev–Trinajstić information content (AvgIpc) is 2.48. The van der Waals surface area contributed by atoms with Gasteiger partial charge >= 0.3 is 0 Å². The summed E-state index contributed by atoms with van der Waals surface area (Å²) in [6, 6.07) is 7.75. The summed E-state index contributed by atoms with van der Waals surface area (Å²) in [6.45, 7) is -0.301. The van der Waals surface area contributed by atoms with E-state index in [1.807, 2.05) is 24.3 Å². The molecule has 0 heterocycles. The molecule has 20 heavy (non-hydrogen) atoms. The van der Waals surface area contributed by atoms with E-state index in [1.165, 1.54) is 0 Å². The van der Waals surface area contributed by atoms with Crippen LogP contribution in [0.2, 0.25) is 0 Å². The summed E-state index contributed by atoms with van der Waals surface area (Å²) in [5.41, 5.74) is 0.782. The molecule has 2 aromatic carbocycles. The van der Waals surface area contributed by atoms with Crippen molar-refractivity contribution in [1.82, 2.24) is 0 Å². The first-order valence-corrected chi connectivity index (χ1v) is 7.03. The summed E-state index contributed by atoms with van der Waals surface area (Å²) in [5, 5.41) is 20.6. The van der Waals surface area contributed by atoms with Gasteiger partial charge in [-0.15, -0.1) is 0 Å². The van der Waals surface area contributed by atoms with Gasteiger partial charge in [0.1, 0.15) is 11.5 Å². The smallest absolute Gasteiger partial charge is 0.141 e. The zero-order chi connectivity index (χ0) is 14.7. The molecule has 0 bridgehead atoms. The third kappa shape index (κ3) is 2.61. The predicted octanol–water partition coefficient (Wildman–Crippen LogP) is 2.52. The molecule has 108 valence electrons. The molecule has 0 aliphatic rings. The van der Waals surface area contributed by atoms with Gasteiger partial charge in [0.15, 0.2) is 0 Å². The van der Waals surface area contributed by atoms with E-state index < -0.39 is 6.10 Å². The van der Waals surface area contributed by atoms with Gasteiger partial charge in [0.25, 0.3) is 0 Å². The number of aliphatic hydroxyl groups excluding tert-OH is 2. The first-order chi connectivity index (χ1) is 9.63. The highest BCUT2D eigenvalue weighted by Crippen LogP contribution is 2.44. The molecule has 0 amide bonds. The number of hydrogen-bond acceptors (Lipinski definition) is 4. The van der Waals surface area contributed by atoms with Crippen LogP contribution in [0.1, 0.15) is 5.56 Å². The molecule has 0 saturated carbocycles. The first-order valence-electron chi connectivity index (χ1n) is 6.24. The van der Waals surface area contributed by atoms with E-state index in [1.54, 1.807) is 14.2 Å². The molecule has 2 N–H and O–H groups in total. The van der Waals surface area contributed by atoms with Gasteiger partial charge in [-0.3, -0.25) is 0 Å². The number of methoxy groups -OCH3 is 2. The van der Waals surface area contributed by atoms with Crippen molar-refractivity contribution in [3.05, 3.63) is 34.3 Å². The number of aliphatic hydroxyl groups is 2. The van der Waals surface area contributed by atoms with E-state index in [9.17, 15) is 5.11 Å². The second-order valence-corrected chi connectivity index (χ2v) is 5.24.